The Kier molecular flexibility index (Phi) is 5.34. The Morgan fingerprint density at radius 2 is 1.85 bits per heavy atom. The van der Waals surface area contributed by atoms with E-state index in [4.69, 9.17) is 14.6 Å². The van der Waals surface area contributed by atoms with Crippen molar-refractivity contribution in [3.8, 4) is 22.8 Å². The molecule has 0 saturated heterocycles. The summed E-state index contributed by atoms with van der Waals surface area (Å²) in [6, 6.07) is 14.7. The van der Waals surface area contributed by atoms with Crippen molar-refractivity contribution in [1.29, 1.82) is 0 Å². The van der Waals surface area contributed by atoms with Gasteiger partial charge < -0.3 is 19.9 Å². The van der Waals surface area contributed by atoms with Crippen molar-refractivity contribution in [3.63, 3.8) is 0 Å². The summed E-state index contributed by atoms with van der Waals surface area (Å²) in [6.45, 7) is 0.0818. The number of pyridine rings is 1. The molecule has 0 bridgehead atoms. The van der Waals surface area contributed by atoms with Crippen LogP contribution in [0.2, 0.25) is 0 Å². The first-order chi connectivity index (χ1) is 12.7. The van der Waals surface area contributed by atoms with E-state index in [1.165, 1.54) is 0 Å². The fourth-order valence-corrected chi connectivity index (χ4v) is 2.77. The zero-order valence-electron chi connectivity index (χ0n) is 14.7. The van der Waals surface area contributed by atoms with Crippen LogP contribution in [0.3, 0.4) is 0 Å². The molecule has 0 aliphatic heterocycles. The van der Waals surface area contributed by atoms with Crippen molar-refractivity contribution in [3.05, 3.63) is 54.1 Å². The molecule has 0 aliphatic carbocycles. The summed E-state index contributed by atoms with van der Waals surface area (Å²) < 4.78 is 10.6. The number of aliphatic hydroxyl groups excluding tert-OH is 1. The standard InChI is InChI=1S/C20H20N2O4/c1-25-18-8-7-13(11-19(18)26-2)17-12-15(20(24)21-9-10-23)14-5-3-4-6-16(14)22-17/h3-8,11-12,23H,9-10H2,1-2H3,(H,21,24). The van der Waals surface area contributed by atoms with Gasteiger partial charge in [-0.2, -0.15) is 0 Å². The van der Waals surface area contributed by atoms with Crippen molar-refractivity contribution in [2.45, 2.75) is 0 Å². The lowest BCUT2D eigenvalue weighted by Gasteiger charge is -2.12. The number of nitrogens with one attached hydrogen (secondary N) is 1. The Labute approximate surface area is 151 Å². The first-order valence-corrected chi connectivity index (χ1v) is 8.19. The van der Waals surface area contributed by atoms with E-state index in [0.717, 1.165) is 10.9 Å². The highest BCUT2D eigenvalue weighted by Crippen LogP contribution is 2.33. The van der Waals surface area contributed by atoms with E-state index in [1.807, 2.05) is 36.4 Å². The van der Waals surface area contributed by atoms with E-state index in [1.54, 1.807) is 26.4 Å². The number of amides is 1. The van der Waals surface area contributed by atoms with Gasteiger partial charge in [0, 0.05) is 17.5 Å². The number of para-hydroxylation sites is 1. The Hall–Kier alpha value is -3.12. The number of hydrogen-bond donors (Lipinski definition) is 2. The summed E-state index contributed by atoms with van der Waals surface area (Å²) in [5, 5.41) is 12.4. The van der Waals surface area contributed by atoms with Crippen molar-refractivity contribution < 1.29 is 19.4 Å². The summed E-state index contributed by atoms with van der Waals surface area (Å²) in [6.07, 6.45) is 0. The maximum absolute atomic E-state index is 12.5. The number of aromatic nitrogens is 1. The van der Waals surface area contributed by atoms with Crippen LogP contribution in [0.4, 0.5) is 0 Å². The average Bonchev–Trinajstić information content (AvgIpc) is 2.70. The predicted molar refractivity (Wildman–Crippen MR) is 99.7 cm³/mol. The molecule has 1 amide bonds. The number of hydrogen-bond acceptors (Lipinski definition) is 5. The van der Waals surface area contributed by atoms with Crippen LogP contribution in [-0.4, -0.2) is 43.4 Å². The number of benzene rings is 2. The van der Waals surface area contributed by atoms with Crippen molar-refractivity contribution in [2.24, 2.45) is 0 Å². The molecule has 0 fully saturated rings. The van der Waals surface area contributed by atoms with Gasteiger partial charge in [0.2, 0.25) is 0 Å². The number of rotatable bonds is 6. The van der Waals surface area contributed by atoms with E-state index >= 15 is 0 Å². The molecule has 0 aliphatic rings. The van der Waals surface area contributed by atoms with Gasteiger partial charge in [0.15, 0.2) is 11.5 Å². The quantitative estimate of drug-likeness (QED) is 0.713. The SMILES string of the molecule is COc1ccc(-c2cc(C(=O)NCCO)c3ccccc3n2)cc1OC. The summed E-state index contributed by atoms with van der Waals surface area (Å²) in [5.74, 6) is 0.962. The number of fused-ring (bicyclic) bond motifs is 1. The number of ether oxygens (including phenoxy) is 2. The lowest BCUT2D eigenvalue weighted by molar-refractivity contribution is 0.0946. The minimum atomic E-state index is -0.251. The van der Waals surface area contributed by atoms with E-state index in [9.17, 15) is 4.79 Å². The first kappa shape index (κ1) is 17.7. The highest BCUT2D eigenvalue weighted by molar-refractivity contribution is 6.07. The highest BCUT2D eigenvalue weighted by atomic mass is 16.5. The van der Waals surface area contributed by atoms with Crippen molar-refractivity contribution in [1.82, 2.24) is 10.3 Å². The molecule has 0 saturated carbocycles. The zero-order valence-corrected chi connectivity index (χ0v) is 14.7. The largest absolute Gasteiger partial charge is 0.493 e. The van der Waals surface area contributed by atoms with E-state index in [-0.39, 0.29) is 19.1 Å². The summed E-state index contributed by atoms with van der Waals surface area (Å²) in [4.78, 5) is 17.2. The molecule has 0 atom stereocenters. The monoisotopic (exact) mass is 352 g/mol. The molecule has 26 heavy (non-hydrogen) atoms. The molecule has 0 spiro atoms. The molecule has 2 N–H and O–H groups in total. The van der Waals surface area contributed by atoms with Crippen molar-refractivity contribution >= 4 is 16.8 Å². The Balaban J connectivity index is 2.14. The topological polar surface area (TPSA) is 80.7 Å². The number of carbonyl (C=O) groups excluding carboxylic acids is 1. The molecule has 1 heterocycles. The van der Waals surface area contributed by atoms with Gasteiger partial charge in [-0.05, 0) is 30.3 Å². The lowest BCUT2D eigenvalue weighted by Crippen LogP contribution is -2.26. The molecule has 0 unspecified atom stereocenters. The average molecular weight is 352 g/mol. The minimum absolute atomic E-state index is 0.114. The van der Waals surface area contributed by atoms with Crippen LogP contribution in [-0.2, 0) is 0 Å². The van der Waals surface area contributed by atoms with Crippen LogP contribution < -0.4 is 14.8 Å². The number of nitrogens with zero attached hydrogens (tertiary/aromatic N) is 1. The van der Waals surface area contributed by atoms with E-state index in [0.29, 0.717) is 28.3 Å². The van der Waals surface area contributed by atoms with Gasteiger partial charge in [-0.25, -0.2) is 4.98 Å². The number of carbonyl (C=O) groups is 1. The van der Waals surface area contributed by atoms with Gasteiger partial charge >= 0.3 is 0 Å². The molecule has 1 aromatic heterocycles. The van der Waals surface area contributed by atoms with Gasteiger partial charge in [0.1, 0.15) is 0 Å². The second kappa shape index (κ2) is 7.84. The molecule has 6 heteroatoms. The lowest BCUT2D eigenvalue weighted by atomic mass is 10.0. The van der Waals surface area contributed by atoms with E-state index < -0.39 is 0 Å². The molecule has 134 valence electrons. The molecule has 3 rings (SSSR count). The second-order valence-corrected chi connectivity index (χ2v) is 5.62. The maximum Gasteiger partial charge on any atom is 0.252 e. The zero-order chi connectivity index (χ0) is 18.5. The third-order valence-corrected chi connectivity index (χ3v) is 4.04. The molecule has 2 aromatic carbocycles. The summed E-state index contributed by atoms with van der Waals surface area (Å²) in [5.41, 5.74) is 2.69. The Morgan fingerprint density at radius 1 is 1.08 bits per heavy atom. The number of methoxy groups -OCH3 is 2. The molecular weight excluding hydrogens is 332 g/mol. The Morgan fingerprint density at radius 3 is 2.58 bits per heavy atom. The molecule has 6 nitrogen and oxygen atoms in total. The first-order valence-electron chi connectivity index (χ1n) is 8.19. The fraction of sp³-hybridized carbons (Fsp3) is 0.200. The van der Waals surface area contributed by atoms with Gasteiger partial charge in [-0.15, -0.1) is 0 Å². The van der Waals surface area contributed by atoms with Crippen LogP contribution in [0.1, 0.15) is 10.4 Å². The predicted octanol–water partition coefficient (Wildman–Crippen LogP) is 2.64. The van der Waals surface area contributed by atoms with Crippen LogP contribution >= 0.6 is 0 Å². The van der Waals surface area contributed by atoms with Gasteiger partial charge in [0.05, 0.1) is 37.6 Å². The van der Waals surface area contributed by atoms with Crippen LogP contribution in [0.25, 0.3) is 22.2 Å². The van der Waals surface area contributed by atoms with Gasteiger partial charge in [0.25, 0.3) is 5.91 Å². The van der Waals surface area contributed by atoms with Crippen LogP contribution in [0, 0.1) is 0 Å². The fourth-order valence-electron chi connectivity index (χ4n) is 2.77. The third kappa shape index (κ3) is 3.45. The van der Waals surface area contributed by atoms with Crippen LogP contribution in [0.5, 0.6) is 11.5 Å². The summed E-state index contributed by atoms with van der Waals surface area (Å²) in [7, 11) is 3.15. The van der Waals surface area contributed by atoms with Crippen LogP contribution in [0.15, 0.2) is 48.5 Å². The summed E-state index contributed by atoms with van der Waals surface area (Å²) >= 11 is 0. The molecule has 3 aromatic rings. The van der Waals surface area contributed by atoms with E-state index in [2.05, 4.69) is 10.3 Å². The normalized spacial score (nSPS) is 10.6. The highest BCUT2D eigenvalue weighted by Gasteiger charge is 2.14. The minimum Gasteiger partial charge on any atom is -0.493 e. The van der Waals surface area contributed by atoms with Gasteiger partial charge in [-0.1, -0.05) is 18.2 Å². The smallest absolute Gasteiger partial charge is 0.252 e. The Bertz CT molecular complexity index is 940. The second-order valence-electron chi connectivity index (χ2n) is 5.62. The third-order valence-electron chi connectivity index (χ3n) is 4.04. The molecular formula is C20H20N2O4. The van der Waals surface area contributed by atoms with Crippen molar-refractivity contribution in [2.75, 3.05) is 27.4 Å². The molecule has 0 radical (unpaired) electrons. The number of aliphatic hydroxyl groups is 1. The van der Waals surface area contributed by atoms with Gasteiger partial charge in [-0.3, -0.25) is 4.79 Å². The maximum atomic E-state index is 12.5.